The lowest BCUT2D eigenvalue weighted by Gasteiger charge is -1.88. The molecule has 0 unspecified atom stereocenters. The van der Waals surface area contributed by atoms with Gasteiger partial charge in [0.15, 0.2) is 0 Å². The van der Waals surface area contributed by atoms with Gasteiger partial charge in [0.1, 0.15) is 0 Å². The molecule has 0 saturated heterocycles. The van der Waals surface area contributed by atoms with Gasteiger partial charge in [-0.05, 0) is 62.8 Å². The fraction of sp³-hybridized carbons (Fsp3) is 0. The number of hydrogen-bond donors (Lipinski definition) is 1. The highest BCUT2D eigenvalue weighted by atomic mass is 127. The third-order valence-electron chi connectivity index (χ3n) is 1.55. The quantitative estimate of drug-likeness (QED) is 0.714. The standard InChI is InChI=1S/C8H5BrIN/c9-8-4-5-3-6(10)1-2-7(5)11-8/h1-4,11H. The maximum Gasteiger partial charge on any atom is 0.0830 e. The Kier molecular flexibility index (Phi) is 1.93. The molecular weight excluding hydrogens is 317 g/mol. The van der Waals surface area contributed by atoms with Crippen LogP contribution in [0.4, 0.5) is 0 Å². The van der Waals surface area contributed by atoms with Crippen LogP contribution >= 0.6 is 38.5 Å². The lowest BCUT2D eigenvalue weighted by Crippen LogP contribution is -1.69. The van der Waals surface area contributed by atoms with E-state index in [0.717, 1.165) is 4.60 Å². The summed E-state index contributed by atoms with van der Waals surface area (Å²) in [6.07, 6.45) is 0. The van der Waals surface area contributed by atoms with Gasteiger partial charge in [-0.2, -0.15) is 0 Å². The second-order valence-electron chi connectivity index (χ2n) is 2.35. The Morgan fingerprint density at radius 3 is 2.91 bits per heavy atom. The highest BCUT2D eigenvalue weighted by Crippen LogP contribution is 2.20. The number of aromatic nitrogens is 1. The molecule has 56 valence electrons. The minimum absolute atomic E-state index is 1.04. The van der Waals surface area contributed by atoms with Crippen LogP contribution in [0.1, 0.15) is 0 Å². The van der Waals surface area contributed by atoms with E-state index in [-0.39, 0.29) is 0 Å². The molecular formula is C8H5BrIN. The van der Waals surface area contributed by atoms with Crippen LogP contribution in [0.3, 0.4) is 0 Å². The molecule has 3 heteroatoms. The summed E-state index contributed by atoms with van der Waals surface area (Å²) in [6.45, 7) is 0. The summed E-state index contributed by atoms with van der Waals surface area (Å²) < 4.78 is 2.30. The van der Waals surface area contributed by atoms with Gasteiger partial charge in [-0.25, -0.2) is 0 Å². The van der Waals surface area contributed by atoms with Crippen LogP contribution in [0.25, 0.3) is 10.9 Å². The van der Waals surface area contributed by atoms with E-state index in [2.05, 4.69) is 67.8 Å². The molecule has 0 aliphatic rings. The number of hydrogen-bond acceptors (Lipinski definition) is 0. The van der Waals surface area contributed by atoms with Crippen molar-refractivity contribution >= 4 is 49.4 Å². The molecule has 2 rings (SSSR count). The van der Waals surface area contributed by atoms with Gasteiger partial charge in [0, 0.05) is 14.5 Å². The maximum absolute atomic E-state index is 3.39. The number of H-pyrrole nitrogens is 1. The molecule has 0 spiro atoms. The Morgan fingerprint density at radius 2 is 2.09 bits per heavy atom. The molecule has 1 nitrogen and oxygen atoms in total. The first-order valence-corrected chi connectivity index (χ1v) is 5.07. The highest BCUT2D eigenvalue weighted by molar-refractivity contribution is 14.1. The van der Waals surface area contributed by atoms with Crippen LogP contribution < -0.4 is 0 Å². The van der Waals surface area contributed by atoms with Gasteiger partial charge in [0.25, 0.3) is 0 Å². The monoisotopic (exact) mass is 321 g/mol. The second kappa shape index (κ2) is 2.79. The zero-order chi connectivity index (χ0) is 7.84. The molecule has 1 aromatic heterocycles. The average Bonchev–Trinajstić information content (AvgIpc) is 2.27. The van der Waals surface area contributed by atoms with E-state index in [1.165, 1.54) is 14.5 Å². The van der Waals surface area contributed by atoms with Crippen LogP contribution in [-0.4, -0.2) is 4.98 Å². The number of benzene rings is 1. The van der Waals surface area contributed by atoms with Crippen LogP contribution in [0, 0.1) is 3.57 Å². The zero-order valence-corrected chi connectivity index (χ0v) is 9.31. The largest absolute Gasteiger partial charge is 0.349 e. The number of rotatable bonds is 0. The number of fused-ring (bicyclic) bond motifs is 1. The first-order valence-electron chi connectivity index (χ1n) is 3.19. The molecule has 0 amide bonds. The summed E-state index contributed by atoms with van der Waals surface area (Å²) in [5, 5.41) is 1.25. The predicted molar refractivity (Wildman–Crippen MR) is 58.7 cm³/mol. The smallest absolute Gasteiger partial charge is 0.0830 e. The first-order chi connectivity index (χ1) is 5.25. The van der Waals surface area contributed by atoms with E-state index in [9.17, 15) is 0 Å². The third kappa shape index (κ3) is 1.44. The number of nitrogens with one attached hydrogen (secondary N) is 1. The fourth-order valence-corrected chi connectivity index (χ4v) is 2.04. The second-order valence-corrected chi connectivity index (χ2v) is 4.45. The molecule has 2 aromatic rings. The van der Waals surface area contributed by atoms with Crippen molar-refractivity contribution in [2.75, 3.05) is 0 Å². The SMILES string of the molecule is Brc1cc2cc(I)ccc2[nH]1. The van der Waals surface area contributed by atoms with Crippen LogP contribution in [-0.2, 0) is 0 Å². The van der Waals surface area contributed by atoms with Gasteiger partial charge >= 0.3 is 0 Å². The van der Waals surface area contributed by atoms with Gasteiger partial charge in [0.05, 0.1) is 4.60 Å². The number of aromatic amines is 1. The number of halogens is 2. The summed E-state index contributed by atoms with van der Waals surface area (Å²) in [7, 11) is 0. The van der Waals surface area contributed by atoms with E-state index in [1.807, 2.05) is 0 Å². The Balaban J connectivity index is 2.82. The molecule has 1 aromatic carbocycles. The molecule has 0 radical (unpaired) electrons. The molecule has 0 saturated carbocycles. The van der Waals surface area contributed by atoms with Gasteiger partial charge in [-0.15, -0.1) is 0 Å². The van der Waals surface area contributed by atoms with Crippen molar-refractivity contribution in [3.05, 3.63) is 32.4 Å². The molecule has 11 heavy (non-hydrogen) atoms. The van der Waals surface area contributed by atoms with Crippen molar-refractivity contribution < 1.29 is 0 Å². The predicted octanol–water partition coefficient (Wildman–Crippen LogP) is 3.54. The normalized spacial score (nSPS) is 10.7. The van der Waals surface area contributed by atoms with Crippen molar-refractivity contribution in [2.24, 2.45) is 0 Å². The van der Waals surface area contributed by atoms with Gasteiger partial charge in [-0.1, -0.05) is 0 Å². The fourth-order valence-electron chi connectivity index (χ4n) is 1.07. The summed E-state index contributed by atoms with van der Waals surface area (Å²) in [4.78, 5) is 3.20. The van der Waals surface area contributed by atoms with Crippen molar-refractivity contribution in [2.45, 2.75) is 0 Å². The lowest BCUT2D eigenvalue weighted by molar-refractivity contribution is 1.41. The molecule has 0 atom stereocenters. The van der Waals surface area contributed by atoms with Crippen LogP contribution in [0.2, 0.25) is 0 Å². The molecule has 0 aliphatic carbocycles. The van der Waals surface area contributed by atoms with E-state index in [4.69, 9.17) is 0 Å². The van der Waals surface area contributed by atoms with E-state index < -0.39 is 0 Å². The zero-order valence-electron chi connectivity index (χ0n) is 5.57. The molecule has 1 N–H and O–H groups in total. The van der Waals surface area contributed by atoms with Crippen LogP contribution in [0.15, 0.2) is 28.9 Å². The summed E-state index contributed by atoms with van der Waals surface area (Å²) >= 11 is 5.70. The Hall–Kier alpha value is -0.0300. The van der Waals surface area contributed by atoms with Crippen molar-refractivity contribution in [3.8, 4) is 0 Å². The first kappa shape index (κ1) is 7.61. The van der Waals surface area contributed by atoms with Crippen molar-refractivity contribution in [1.82, 2.24) is 4.98 Å². The van der Waals surface area contributed by atoms with Crippen molar-refractivity contribution in [1.29, 1.82) is 0 Å². The molecule has 0 bridgehead atoms. The Morgan fingerprint density at radius 1 is 1.27 bits per heavy atom. The molecule has 0 aliphatic heterocycles. The summed E-state index contributed by atoms with van der Waals surface area (Å²) in [6, 6.07) is 8.41. The molecule has 1 heterocycles. The topological polar surface area (TPSA) is 15.8 Å². The maximum atomic E-state index is 3.39. The van der Waals surface area contributed by atoms with E-state index >= 15 is 0 Å². The lowest BCUT2D eigenvalue weighted by atomic mass is 10.3. The van der Waals surface area contributed by atoms with Crippen LogP contribution in [0.5, 0.6) is 0 Å². The molecule has 0 fully saturated rings. The third-order valence-corrected chi connectivity index (χ3v) is 2.65. The van der Waals surface area contributed by atoms with E-state index in [1.54, 1.807) is 0 Å². The highest BCUT2D eigenvalue weighted by Gasteiger charge is 1.96. The van der Waals surface area contributed by atoms with Gasteiger partial charge in [-0.3, -0.25) is 0 Å². The minimum atomic E-state index is 1.04. The summed E-state index contributed by atoms with van der Waals surface area (Å²) in [5.41, 5.74) is 1.18. The van der Waals surface area contributed by atoms with Gasteiger partial charge < -0.3 is 4.98 Å². The minimum Gasteiger partial charge on any atom is -0.349 e. The summed E-state index contributed by atoms with van der Waals surface area (Å²) in [5.74, 6) is 0. The Bertz CT molecular complexity index is 394. The Labute approximate surface area is 86.5 Å². The van der Waals surface area contributed by atoms with E-state index in [0.29, 0.717) is 0 Å². The van der Waals surface area contributed by atoms with Gasteiger partial charge in [0.2, 0.25) is 0 Å². The van der Waals surface area contributed by atoms with Crippen molar-refractivity contribution in [3.63, 3.8) is 0 Å². The average molecular weight is 322 g/mol.